The lowest BCUT2D eigenvalue weighted by Crippen LogP contribution is -2.27. The molecule has 2 N–H and O–H groups in total. The fourth-order valence-electron chi connectivity index (χ4n) is 3.79. The molecule has 1 heterocycles. The molecule has 1 aromatic carbocycles. The Morgan fingerprint density at radius 3 is 2.67 bits per heavy atom. The number of fused-ring (bicyclic) bond motifs is 1. The molecule has 4 rings (SSSR count). The van der Waals surface area contributed by atoms with Crippen molar-refractivity contribution >= 4 is 17.4 Å². The van der Waals surface area contributed by atoms with Gasteiger partial charge in [-0.1, -0.05) is 12.1 Å². The first-order valence-electron chi connectivity index (χ1n) is 9.48. The molecule has 140 valence electrons. The van der Waals surface area contributed by atoms with Gasteiger partial charge in [0.2, 0.25) is 0 Å². The van der Waals surface area contributed by atoms with Gasteiger partial charge < -0.3 is 15.0 Å². The van der Waals surface area contributed by atoms with Gasteiger partial charge in [-0.2, -0.15) is 0 Å². The van der Waals surface area contributed by atoms with Crippen LogP contribution in [-0.2, 0) is 6.42 Å². The highest BCUT2D eigenvalue weighted by Crippen LogP contribution is 2.30. The average molecular weight is 366 g/mol. The number of para-hydroxylation sites is 2. The van der Waals surface area contributed by atoms with Crippen molar-refractivity contribution in [1.82, 2.24) is 4.98 Å². The molecule has 0 saturated heterocycles. The molecular formula is C21H22N2O4. The summed E-state index contributed by atoms with van der Waals surface area (Å²) in [5.74, 6) is 0.0228. The van der Waals surface area contributed by atoms with E-state index in [1.165, 1.54) is 6.07 Å². The number of ether oxygens (including phenoxy) is 1. The van der Waals surface area contributed by atoms with Crippen LogP contribution < -0.4 is 15.6 Å². The third kappa shape index (κ3) is 3.65. The van der Waals surface area contributed by atoms with Crippen LogP contribution in [0, 0.1) is 0 Å². The van der Waals surface area contributed by atoms with E-state index >= 15 is 0 Å². The lowest BCUT2D eigenvalue weighted by molar-refractivity contribution is 0.0971. The lowest BCUT2D eigenvalue weighted by Gasteiger charge is -2.17. The zero-order valence-electron chi connectivity index (χ0n) is 15.0. The monoisotopic (exact) mass is 366 g/mol. The summed E-state index contributed by atoms with van der Waals surface area (Å²) in [5.41, 5.74) is 1.06. The second-order valence-electron chi connectivity index (χ2n) is 7.16. The second kappa shape index (κ2) is 7.39. The Kier molecular flexibility index (Phi) is 4.79. The largest absolute Gasteiger partial charge is 0.488 e. The Labute approximate surface area is 156 Å². The third-order valence-corrected chi connectivity index (χ3v) is 5.23. The maximum absolute atomic E-state index is 12.7. The van der Waals surface area contributed by atoms with Crippen molar-refractivity contribution in [3.8, 4) is 5.75 Å². The van der Waals surface area contributed by atoms with E-state index in [-0.39, 0.29) is 17.5 Å². The summed E-state index contributed by atoms with van der Waals surface area (Å²) in [7, 11) is 0. The Morgan fingerprint density at radius 2 is 1.85 bits per heavy atom. The molecule has 0 radical (unpaired) electrons. The van der Waals surface area contributed by atoms with E-state index in [9.17, 15) is 14.4 Å². The van der Waals surface area contributed by atoms with E-state index in [1.807, 2.05) is 12.1 Å². The first kappa shape index (κ1) is 17.5. The minimum Gasteiger partial charge on any atom is -0.488 e. The number of ketones is 1. The molecule has 27 heavy (non-hydrogen) atoms. The van der Waals surface area contributed by atoms with E-state index in [0.717, 1.165) is 32.1 Å². The van der Waals surface area contributed by atoms with Crippen LogP contribution in [0.3, 0.4) is 0 Å². The number of amides is 1. The van der Waals surface area contributed by atoms with Gasteiger partial charge in [0.1, 0.15) is 11.3 Å². The van der Waals surface area contributed by atoms with Gasteiger partial charge in [-0.05, 0) is 56.7 Å². The van der Waals surface area contributed by atoms with Gasteiger partial charge in [-0.15, -0.1) is 0 Å². The number of pyridine rings is 1. The predicted molar refractivity (Wildman–Crippen MR) is 102 cm³/mol. The number of anilines is 1. The Bertz CT molecular complexity index is 941. The molecule has 0 atom stereocenters. The molecule has 1 saturated carbocycles. The predicted octanol–water partition coefficient (Wildman–Crippen LogP) is 3.47. The van der Waals surface area contributed by atoms with Gasteiger partial charge in [-0.25, -0.2) is 0 Å². The summed E-state index contributed by atoms with van der Waals surface area (Å²) in [6.07, 6.45) is 6.29. The number of nitrogens with one attached hydrogen (secondary N) is 2. The van der Waals surface area contributed by atoms with Crippen molar-refractivity contribution in [2.45, 2.75) is 51.0 Å². The number of benzene rings is 1. The molecule has 1 aromatic heterocycles. The van der Waals surface area contributed by atoms with Crippen molar-refractivity contribution in [2.24, 2.45) is 0 Å². The summed E-state index contributed by atoms with van der Waals surface area (Å²) in [6, 6.07) is 8.64. The Morgan fingerprint density at radius 1 is 1.07 bits per heavy atom. The van der Waals surface area contributed by atoms with Gasteiger partial charge in [-0.3, -0.25) is 14.4 Å². The molecule has 2 aliphatic carbocycles. The SMILES string of the molecule is O=C1CCCc2[nH]c(=O)c(C(=O)Nc3ccccc3OC3CCCC3)cc21. The summed E-state index contributed by atoms with van der Waals surface area (Å²) in [4.78, 5) is 39.9. The zero-order chi connectivity index (χ0) is 18.8. The van der Waals surface area contributed by atoms with E-state index in [0.29, 0.717) is 35.5 Å². The van der Waals surface area contributed by atoms with E-state index < -0.39 is 11.5 Å². The summed E-state index contributed by atoms with van der Waals surface area (Å²) >= 11 is 0. The number of carbonyl (C=O) groups is 2. The second-order valence-corrected chi connectivity index (χ2v) is 7.16. The fourth-order valence-corrected chi connectivity index (χ4v) is 3.79. The standard InChI is InChI=1S/C21H22N2O4/c24-18-10-5-9-16-14(18)12-15(20(25)22-16)21(26)23-17-8-3-4-11-19(17)27-13-6-1-2-7-13/h3-4,8,11-13H,1-2,5-7,9-10H2,(H,22,25)(H,23,26). The maximum Gasteiger partial charge on any atom is 0.261 e. The lowest BCUT2D eigenvalue weighted by atomic mass is 9.93. The average Bonchev–Trinajstić information content (AvgIpc) is 3.16. The molecule has 0 aliphatic heterocycles. The topological polar surface area (TPSA) is 88.3 Å². The molecule has 6 nitrogen and oxygen atoms in total. The highest BCUT2D eigenvalue weighted by atomic mass is 16.5. The van der Waals surface area contributed by atoms with Crippen LogP contribution >= 0.6 is 0 Å². The van der Waals surface area contributed by atoms with E-state index in [4.69, 9.17) is 4.74 Å². The van der Waals surface area contributed by atoms with Gasteiger partial charge in [0.15, 0.2) is 5.78 Å². The van der Waals surface area contributed by atoms with Crippen molar-refractivity contribution < 1.29 is 14.3 Å². The molecular weight excluding hydrogens is 344 g/mol. The molecule has 6 heteroatoms. The highest BCUT2D eigenvalue weighted by Gasteiger charge is 2.23. The number of hydrogen-bond acceptors (Lipinski definition) is 4. The third-order valence-electron chi connectivity index (χ3n) is 5.23. The number of aromatic nitrogens is 1. The number of hydrogen-bond donors (Lipinski definition) is 2. The van der Waals surface area contributed by atoms with Crippen LogP contribution in [0.1, 0.15) is 64.9 Å². The first-order valence-corrected chi connectivity index (χ1v) is 9.48. The highest BCUT2D eigenvalue weighted by molar-refractivity contribution is 6.07. The number of Topliss-reactive ketones (excluding diaryl/α,β-unsaturated/α-hetero) is 1. The fraction of sp³-hybridized carbons (Fsp3) is 0.381. The quantitative estimate of drug-likeness (QED) is 0.867. The molecule has 0 bridgehead atoms. The van der Waals surface area contributed by atoms with Crippen LogP contribution in [0.25, 0.3) is 0 Å². The normalized spacial score (nSPS) is 16.8. The van der Waals surface area contributed by atoms with Gasteiger partial charge in [0.25, 0.3) is 11.5 Å². The van der Waals surface area contributed by atoms with E-state index in [1.54, 1.807) is 12.1 Å². The number of carbonyl (C=O) groups excluding carboxylic acids is 2. The molecule has 2 aliphatic rings. The van der Waals surface area contributed by atoms with Crippen LogP contribution in [0.4, 0.5) is 5.69 Å². The molecule has 0 unspecified atom stereocenters. The zero-order valence-corrected chi connectivity index (χ0v) is 15.0. The van der Waals surface area contributed by atoms with Crippen molar-refractivity contribution in [3.05, 3.63) is 57.5 Å². The number of H-pyrrole nitrogens is 1. The van der Waals surface area contributed by atoms with E-state index in [2.05, 4.69) is 10.3 Å². The Hall–Kier alpha value is -2.89. The van der Waals surface area contributed by atoms with Crippen LogP contribution in [0.5, 0.6) is 5.75 Å². The Balaban J connectivity index is 1.59. The minimum atomic E-state index is -0.542. The summed E-state index contributed by atoms with van der Waals surface area (Å²) < 4.78 is 6.03. The first-order chi connectivity index (χ1) is 13.1. The molecule has 1 fully saturated rings. The number of aromatic amines is 1. The molecule has 2 aromatic rings. The van der Waals surface area contributed by atoms with Crippen molar-refractivity contribution in [3.63, 3.8) is 0 Å². The van der Waals surface area contributed by atoms with Crippen molar-refractivity contribution in [1.29, 1.82) is 0 Å². The van der Waals surface area contributed by atoms with Crippen LogP contribution in [-0.4, -0.2) is 22.8 Å². The summed E-state index contributed by atoms with van der Waals surface area (Å²) in [5, 5.41) is 2.77. The number of aryl methyl sites for hydroxylation is 1. The van der Waals surface area contributed by atoms with Gasteiger partial charge in [0, 0.05) is 17.7 Å². The van der Waals surface area contributed by atoms with Crippen LogP contribution in [0.15, 0.2) is 35.1 Å². The van der Waals surface area contributed by atoms with Crippen LogP contribution in [0.2, 0.25) is 0 Å². The van der Waals surface area contributed by atoms with Crippen molar-refractivity contribution in [2.75, 3.05) is 5.32 Å². The summed E-state index contributed by atoms with van der Waals surface area (Å²) in [6.45, 7) is 0. The number of rotatable bonds is 4. The van der Waals surface area contributed by atoms with Gasteiger partial charge >= 0.3 is 0 Å². The van der Waals surface area contributed by atoms with Gasteiger partial charge in [0.05, 0.1) is 11.8 Å². The smallest absolute Gasteiger partial charge is 0.261 e. The maximum atomic E-state index is 12.7. The minimum absolute atomic E-state index is 0.0356. The molecule has 0 spiro atoms. The molecule has 1 amide bonds.